The summed E-state index contributed by atoms with van der Waals surface area (Å²) >= 11 is 0. The molecular formula is C24H25N3O6S. The first kappa shape index (κ1) is 24.7. The molecule has 0 radical (unpaired) electrons. The van der Waals surface area contributed by atoms with Crippen molar-refractivity contribution in [2.24, 2.45) is 0 Å². The van der Waals surface area contributed by atoms with Crippen LogP contribution in [0.2, 0.25) is 0 Å². The van der Waals surface area contributed by atoms with Crippen LogP contribution in [0.4, 0.5) is 0 Å². The Kier molecular flexibility index (Phi) is 8.60. The van der Waals surface area contributed by atoms with Crippen molar-refractivity contribution in [1.82, 2.24) is 15.6 Å². The number of methoxy groups -OCH3 is 1. The van der Waals surface area contributed by atoms with Crippen molar-refractivity contribution in [3.63, 3.8) is 0 Å². The molecule has 178 valence electrons. The Morgan fingerprint density at radius 2 is 1.56 bits per heavy atom. The molecule has 0 unspecified atom stereocenters. The van der Waals surface area contributed by atoms with Gasteiger partial charge < -0.3 is 9.47 Å². The molecule has 9 nitrogen and oxygen atoms in total. The number of sulfonamides is 1. The molecule has 34 heavy (non-hydrogen) atoms. The number of hydrogen-bond donors (Lipinski definition) is 3. The molecule has 0 aliphatic carbocycles. The molecule has 3 aromatic carbocycles. The summed E-state index contributed by atoms with van der Waals surface area (Å²) in [6.45, 7) is 0.190. The molecule has 10 heteroatoms. The molecule has 0 bridgehead atoms. The van der Waals surface area contributed by atoms with Crippen LogP contribution in [0.1, 0.15) is 22.3 Å². The Morgan fingerprint density at radius 1 is 0.853 bits per heavy atom. The zero-order valence-electron chi connectivity index (χ0n) is 18.5. The number of amides is 2. The standard InChI is InChI=1S/C24H25N3O6S/c1-32-21-12-5-6-13-22(21)33-15-14-23(28)26-27-24(29)19-10-7-11-20(16-19)34(30,31)25-17-18-8-3-2-4-9-18/h2-13,16,25H,14-15,17H2,1H3,(H,26,28)(H,27,29). The van der Waals surface area contributed by atoms with Gasteiger partial charge in [0.05, 0.1) is 25.0 Å². The van der Waals surface area contributed by atoms with Crippen LogP contribution in [0.15, 0.2) is 83.8 Å². The lowest BCUT2D eigenvalue weighted by atomic mass is 10.2. The van der Waals surface area contributed by atoms with Gasteiger partial charge in [-0.05, 0) is 35.9 Å². The lowest BCUT2D eigenvalue weighted by Gasteiger charge is -2.11. The fourth-order valence-electron chi connectivity index (χ4n) is 2.91. The van der Waals surface area contributed by atoms with Crippen molar-refractivity contribution in [1.29, 1.82) is 0 Å². The number of hydrazine groups is 1. The van der Waals surface area contributed by atoms with Crippen LogP contribution in [0.3, 0.4) is 0 Å². The molecule has 3 rings (SSSR count). The predicted octanol–water partition coefficient (Wildman–Crippen LogP) is 2.40. The van der Waals surface area contributed by atoms with E-state index in [1.54, 1.807) is 36.4 Å². The van der Waals surface area contributed by atoms with Gasteiger partial charge in [0.2, 0.25) is 15.9 Å². The highest BCUT2D eigenvalue weighted by Crippen LogP contribution is 2.25. The first-order chi connectivity index (χ1) is 16.4. The van der Waals surface area contributed by atoms with Gasteiger partial charge in [-0.25, -0.2) is 13.1 Å². The molecule has 0 heterocycles. The zero-order chi connectivity index (χ0) is 24.4. The van der Waals surface area contributed by atoms with Crippen molar-refractivity contribution in [3.8, 4) is 11.5 Å². The van der Waals surface area contributed by atoms with Crippen molar-refractivity contribution in [2.45, 2.75) is 17.9 Å². The van der Waals surface area contributed by atoms with Crippen LogP contribution in [0, 0.1) is 0 Å². The monoisotopic (exact) mass is 483 g/mol. The van der Waals surface area contributed by atoms with Gasteiger partial charge in [0, 0.05) is 12.1 Å². The first-order valence-electron chi connectivity index (χ1n) is 10.4. The summed E-state index contributed by atoms with van der Waals surface area (Å²) in [6.07, 6.45) is -0.0177. The van der Waals surface area contributed by atoms with Crippen molar-refractivity contribution in [2.75, 3.05) is 13.7 Å². The Hall–Kier alpha value is -3.89. The van der Waals surface area contributed by atoms with E-state index in [9.17, 15) is 18.0 Å². The second kappa shape index (κ2) is 11.8. The number of carbonyl (C=O) groups is 2. The Bertz CT molecular complexity index is 1230. The maximum Gasteiger partial charge on any atom is 0.269 e. The average molecular weight is 484 g/mol. The van der Waals surface area contributed by atoms with Gasteiger partial charge in [-0.2, -0.15) is 0 Å². The van der Waals surface area contributed by atoms with E-state index in [-0.39, 0.29) is 30.0 Å². The van der Waals surface area contributed by atoms with Gasteiger partial charge in [0.1, 0.15) is 0 Å². The number of hydrogen-bond acceptors (Lipinski definition) is 6. The van der Waals surface area contributed by atoms with Gasteiger partial charge in [-0.15, -0.1) is 0 Å². The highest BCUT2D eigenvalue weighted by molar-refractivity contribution is 7.89. The number of rotatable bonds is 10. The van der Waals surface area contributed by atoms with Crippen molar-refractivity contribution < 1.29 is 27.5 Å². The molecule has 0 aliphatic rings. The maximum absolute atomic E-state index is 12.6. The van der Waals surface area contributed by atoms with E-state index in [1.165, 1.54) is 31.4 Å². The minimum Gasteiger partial charge on any atom is -0.493 e. The summed E-state index contributed by atoms with van der Waals surface area (Å²) < 4.78 is 38.4. The van der Waals surface area contributed by atoms with Gasteiger partial charge >= 0.3 is 0 Å². The summed E-state index contributed by atoms with van der Waals surface area (Å²) in [5.41, 5.74) is 5.44. The van der Waals surface area contributed by atoms with E-state index < -0.39 is 21.8 Å². The van der Waals surface area contributed by atoms with Crippen LogP contribution in [-0.4, -0.2) is 33.9 Å². The fraction of sp³-hybridized carbons (Fsp3) is 0.167. The lowest BCUT2D eigenvalue weighted by Crippen LogP contribution is -2.42. The second-order valence-electron chi connectivity index (χ2n) is 7.09. The fourth-order valence-corrected chi connectivity index (χ4v) is 3.98. The third kappa shape index (κ3) is 7.06. The van der Waals surface area contributed by atoms with E-state index >= 15 is 0 Å². The number of para-hydroxylation sites is 2. The number of ether oxygens (including phenoxy) is 2. The smallest absolute Gasteiger partial charge is 0.269 e. The predicted molar refractivity (Wildman–Crippen MR) is 126 cm³/mol. The van der Waals surface area contributed by atoms with E-state index in [4.69, 9.17) is 9.47 Å². The largest absolute Gasteiger partial charge is 0.493 e. The zero-order valence-corrected chi connectivity index (χ0v) is 19.3. The molecular weight excluding hydrogens is 458 g/mol. The van der Waals surface area contributed by atoms with E-state index in [1.807, 2.05) is 18.2 Å². The first-order valence-corrected chi connectivity index (χ1v) is 11.9. The molecule has 0 atom stereocenters. The molecule has 2 amide bonds. The number of benzene rings is 3. The molecule has 0 spiro atoms. The molecule has 0 saturated carbocycles. The summed E-state index contributed by atoms with van der Waals surface area (Å²) in [5, 5.41) is 0. The van der Waals surface area contributed by atoms with Gasteiger partial charge in [-0.3, -0.25) is 20.4 Å². The van der Waals surface area contributed by atoms with Crippen LogP contribution < -0.4 is 25.0 Å². The normalized spacial score (nSPS) is 10.9. The minimum absolute atomic E-state index is 0.0177. The Balaban J connectivity index is 1.50. The number of nitrogens with one attached hydrogen (secondary N) is 3. The Morgan fingerprint density at radius 3 is 2.29 bits per heavy atom. The molecule has 0 aromatic heterocycles. The van der Waals surface area contributed by atoms with Gasteiger partial charge in [0.25, 0.3) is 5.91 Å². The Labute approximate surface area is 198 Å². The lowest BCUT2D eigenvalue weighted by molar-refractivity contribution is -0.122. The third-order valence-corrected chi connectivity index (χ3v) is 6.09. The third-order valence-electron chi connectivity index (χ3n) is 4.69. The van der Waals surface area contributed by atoms with Crippen molar-refractivity contribution in [3.05, 3.63) is 90.0 Å². The quantitative estimate of drug-likeness (QED) is 0.381. The molecule has 0 saturated heterocycles. The van der Waals surface area contributed by atoms with Crippen molar-refractivity contribution >= 4 is 21.8 Å². The average Bonchev–Trinajstić information content (AvgIpc) is 2.87. The summed E-state index contributed by atoms with van der Waals surface area (Å²) in [5.74, 6) is -0.0827. The second-order valence-corrected chi connectivity index (χ2v) is 8.86. The van der Waals surface area contributed by atoms with E-state index in [0.29, 0.717) is 11.5 Å². The summed E-state index contributed by atoms with van der Waals surface area (Å²) in [4.78, 5) is 24.4. The highest BCUT2D eigenvalue weighted by atomic mass is 32.2. The highest BCUT2D eigenvalue weighted by Gasteiger charge is 2.16. The minimum atomic E-state index is -3.83. The molecule has 3 aromatic rings. The maximum atomic E-state index is 12.6. The summed E-state index contributed by atoms with van der Waals surface area (Å²) in [7, 11) is -2.32. The molecule has 0 aliphatic heterocycles. The molecule has 0 fully saturated rings. The van der Waals surface area contributed by atoms with Gasteiger partial charge in [-0.1, -0.05) is 48.5 Å². The topological polar surface area (TPSA) is 123 Å². The number of carbonyl (C=O) groups excluding carboxylic acids is 2. The van der Waals surface area contributed by atoms with Crippen LogP contribution in [0.25, 0.3) is 0 Å². The van der Waals surface area contributed by atoms with E-state index in [2.05, 4.69) is 15.6 Å². The summed E-state index contributed by atoms with van der Waals surface area (Å²) in [6, 6.07) is 21.6. The van der Waals surface area contributed by atoms with Crippen LogP contribution in [-0.2, 0) is 21.4 Å². The SMILES string of the molecule is COc1ccccc1OCCC(=O)NNC(=O)c1cccc(S(=O)(=O)NCc2ccccc2)c1. The van der Waals surface area contributed by atoms with Crippen LogP contribution >= 0.6 is 0 Å². The van der Waals surface area contributed by atoms with E-state index in [0.717, 1.165) is 5.56 Å². The molecule has 3 N–H and O–H groups in total. The van der Waals surface area contributed by atoms with Gasteiger partial charge in [0.15, 0.2) is 11.5 Å². The van der Waals surface area contributed by atoms with Crippen LogP contribution in [0.5, 0.6) is 11.5 Å².